The molecule has 0 aliphatic carbocycles. The van der Waals surface area contributed by atoms with Gasteiger partial charge < -0.3 is 0 Å². The second-order valence-corrected chi connectivity index (χ2v) is 4.53. The predicted molar refractivity (Wildman–Crippen MR) is 76.8 cm³/mol. The summed E-state index contributed by atoms with van der Waals surface area (Å²) >= 11 is 0. The molecular formula is C17H16O. The molecule has 0 aromatic heterocycles. The zero-order chi connectivity index (χ0) is 13.0. The minimum absolute atomic E-state index is 0.0400. The van der Waals surface area contributed by atoms with E-state index in [0.29, 0.717) is 0 Å². The summed E-state index contributed by atoms with van der Waals surface area (Å²) in [5.41, 5.74) is 1.91. The number of carbonyl (C=O) groups is 1. The van der Waals surface area contributed by atoms with Gasteiger partial charge in [0.1, 0.15) is 0 Å². The number of fused-ring (bicyclic) bond motifs is 1. The Bertz CT molecular complexity index is 629. The van der Waals surface area contributed by atoms with Gasteiger partial charge in [-0.25, -0.2) is 0 Å². The van der Waals surface area contributed by atoms with Gasteiger partial charge in [-0.2, -0.15) is 0 Å². The fraction of sp³-hybridized carbons (Fsp3) is 0.118. The van der Waals surface area contributed by atoms with E-state index in [0.717, 1.165) is 16.3 Å². The zero-order valence-corrected chi connectivity index (χ0v) is 10.7. The monoisotopic (exact) mass is 236 g/mol. The van der Waals surface area contributed by atoms with Crippen molar-refractivity contribution in [3.05, 3.63) is 71.8 Å². The van der Waals surface area contributed by atoms with Gasteiger partial charge in [-0.15, -0.1) is 0 Å². The molecule has 18 heavy (non-hydrogen) atoms. The average molecular weight is 236 g/mol. The second-order valence-electron chi connectivity index (χ2n) is 4.53. The van der Waals surface area contributed by atoms with Gasteiger partial charge in [0.15, 0.2) is 5.78 Å². The van der Waals surface area contributed by atoms with E-state index in [4.69, 9.17) is 0 Å². The van der Waals surface area contributed by atoms with E-state index >= 15 is 0 Å². The Morgan fingerprint density at radius 2 is 1.72 bits per heavy atom. The highest BCUT2D eigenvalue weighted by atomic mass is 16.1. The van der Waals surface area contributed by atoms with E-state index in [2.05, 4.69) is 0 Å². The fourth-order valence-corrected chi connectivity index (χ4v) is 1.77. The number of benzene rings is 2. The third kappa shape index (κ3) is 2.95. The Kier molecular flexibility index (Phi) is 3.73. The maximum atomic E-state index is 12.0. The van der Waals surface area contributed by atoms with Crippen molar-refractivity contribution in [3.63, 3.8) is 0 Å². The molecule has 90 valence electrons. The smallest absolute Gasteiger partial charge is 0.185 e. The van der Waals surface area contributed by atoms with Crippen LogP contribution in [0, 0.1) is 0 Å². The lowest BCUT2D eigenvalue weighted by atomic mass is 10.0. The van der Waals surface area contributed by atoms with E-state index in [1.165, 1.54) is 5.57 Å². The predicted octanol–water partition coefficient (Wildman–Crippen LogP) is 4.54. The number of ketones is 1. The maximum Gasteiger partial charge on any atom is 0.185 e. The second kappa shape index (κ2) is 5.46. The molecule has 2 aromatic carbocycles. The number of hydrogen-bond donors (Lipinski definition) is 0. The minimum atomic E-state index is 0.0400. The van der Waals surface area contributed by atoms with E-state index in [1.54, 1.807) is 12.2 Å². The van der Waals surface area contributed by atoms with Crippen LogP contribution in [0.1, 0.15) is 24.2 Å². The SMILES string of the molecule is CC(C)=CC=CC(=O)c1ccc2ccccc2c1. The van der Waals surface area contributed by atoms with Gasteiger partial charge in [0, 0.05) is 5.56 Å². The van der Waals surface area contributed by atoms with Crippen molar-refractivity contribution in [3.8, 4) is 0 Å². The van der Waals surface area contributed by atoms with Crippen LogP contribution in [0.25, 0.3) is 10.8 Å². The summed E-state index contributed by atoms with van der Waals surface area (Å²) in [6.45, 7) is 4.01. The third-order valence-corrected chi connectivity index (χ3v) is 2.71. The van der Waals surface area contributed by atoms with E-state index in [1.807, 2.05) is 62.4 Å². The van der Waals surface area contributed by atoms with Crippen LogP contribution in [0.2, 0.25) is 0 Å². The molecule has 2 rings (SSSR count). The van der Waals surface area contributed by atoms with E-state index in [9.17, 15) is 4.79 Å². The first-order chi connectivity index (χ1) is 8.66. The lowest BCUT2D eigenvalue weighted by Gasteiger charge is -2.00. The summed E-state index contributed by atoms with van der Waals surface area (Å²) in [6, 6.07) is 13.8. The summed E-state index contributed by atoms with van der Waals surface area (Å²) in [7, 11) is 0. The number of rotatable bonds is 3. The van der Waals surface area contributed by atoms with Crippen LogP contribution >= 0.6 is 0 Å². The molecule has 0 aliphatic rings. The van der Waals surface area contributed by atoms with Crippen molar-refractivity contribution >= 4 is 16.6 Å². The van der Waals surface area contributed by atoms with Gasteiger partial charge >= 0.3 is 0 Å². The first-order valence-electron chi connectivity index (χ1n) is 6.01. The highest BCUT2D eigenvalue weighted by Crippen LogP contribution is 2.16. The molecule has 0 radical (unpaired) electrons. The van der Waals surface area contributed by atoms with Crippen molar-refractivity contribution in [1.82, 2.24) is 0 Å². The van der Waals surface area contributed by atoms with Crippen LogP contribution in [0.5, 0.6) is 0 Å². The molecule has 1 nitrogen and oxygen atoms in total. The summed E-state index contributed by atoms with van der Waals surface area (Å²) in [5, 5.41) is 2.25. The molecule has 0 fully saturated rings. The van der Waals surface area contributed by atoms with Gasteiger partial charge in [-0.3, -0.25) is 4.79 Å². The molecule has 0 heterocycles. The number of allylic oxidation sites excluding steroid dienone is 4. The molecule has 0 saturated heterocycles. The lowest BCUT2D eigenvalue weighted by Crippen LogP contribution is -1.93. The molecule has 1 heteroatoms. The molecule has 0 aliphatic heterocycles. The number of hydrogen-bond acceptors (Lipinski definition) is 1. The lowest BCUT2D eigenvalue weighted by molar-refractivity contribution is 0.104. The Morgan fingerprint density at radius 1 is 1.00 bits per heavy atom. The molecular weight excluding hydrogens is 220 g/mol. The van der Waals surface area contributed by atoms with Crippen molar-refractivity contribution in [2.24, 2.45) is 0 Å². The van der Waals surface area contributed by atoms with Crippen LogP contribution in [0.15, 0.2) is 66.3 Å². The molecule has 0 spiro atoms. The van der Waals surface area contributed by atoms with Gasteiger partial charge in [0.05, 0.1) is 0 Å². The van der Waals surface area contributed by atoms with Crippen molar-refractivity contribution in [2.75, 3.05) is 0 Å². The number of carbonyl (C=O) groups excluding carboxylic acids is 1. The molecule has 0 saturated carbocycles. The first kappa shape index (κ1) is 12.3. The molecule has 0 N–H and O–H groups in total. The molecule has 2 aromatic rings. The Balaban J connectivity index is 2.28. The minimum Gasteiger partial charge on any atom is -0.289 e. The first-order valence-corrected chi connectivity index (χ1v) is 6.01. The third-order valence-electron chi connectivity index (χ3n) is 2.71. The highest BCUT2D eigenvalue weighted by Gasteiger charge is 2.02. The summed E-state index contributed by atoms with van der Waals surface area (Å²) in [5.74, 6) is 0.0400. The quantitative estimate of drug-likeness (QED) is 0.434. The highest BCUT2D eigenvalue weighted by molar-refractivity contribution is 6.06. The largest absolute Gasteiger partial charge is 0.289 e. The molecule has 0 amide bonds. The van der Waals surface area contributed by atoms with Crippen molar-refractivity contribution in [2.45, 2.75) is 13.8 Å². The zero-order valence-electron chi connectivity index (χ0n) is 10.7. The fourth-order valence-electron chi connectivity index (χ4n) is 1.77. The Labute approximate surface area is 107 Å². The Hall–Kier alpha value is -2.15. The van der Waals surface area contributed by atoms with Crippen LogP contribution < -0.4 is 0 Å². The van der Waals surface area contributed by atoms with Crippen molar-refractivity contribution in [1.29, 1.82) is 0 Å². The topological polar surface area (TPSA) is 17.1 Å². The summed E-state index contributed by atoms with van der Waals surface area (Å²) in [4.78, 5) is 12.0. The van der Waals surface area contributed by atoms with Gasteiger partial charge in [-0.05, 0) is 36.8 Å². The van der Waals surface area contributed by atoms with E-state index in [-0.39, 0.29) is 5.78 Å². The van der Waals surface area contributed by atoms with Gasteiger partial charge in [0.25, 0.3) is 0 Å². The van der Waals surface area contributed by atoms with Crippen LogP contribution in [0.3, 0.4) is 0 Å². The van der Waals surface area contributed by atoms with Crippen LogP contribution in [-0.4, -0.2) is 5.78 Å². The van der Waals surface area contributed by atoms with Crippen molar-refractivity contribution < 1.29 is 4.79 Å². The Morgan fingerprint density at radius 3 is 2.44 bits per heavy atom. The maximum absolute atomic E-state index is 12.0. The molecule has 0 unspecified atom stereocenters. The standard InChI is InChI=1S/C17H16O/c1-13(2)6-5-9-17(18)16-11-10-14-7-3-4-8-15(14)12-16/h3-12H,1-2H3. The summed E-state index contributed by atoms with van der Waals surface area (Å²) < 4.78 is 0. The van der Waals surface area contributed by atoms with Gasteiger partial charge in [-0.1, -0.05) is 54.1 Å². The van der Waals surface area contributed by atoms with Gasteiger partial charge in [0.2, 0.25) is 0 Å². The summed E-state index contributed by atoms with van der Waals surface area (Å²) in [6.07, 6.45) is 5.34. The van der Waals surface area contributed by atoms with Crippen LogP contribution in [-0.2, 0) is 0 Å². The van der Waals surface area contributed by atoms with Crippen LogP contribution in [0.4, 0.5) is 0 Å². The molecule has 0 bridgehead atoms. The molecule has 0 atom stereocenters. The average Bonchev–Trinajstić information content (AvgIpc) is 2.37. The van der Waals surface area contributed by atoms with E-state index < -0.39 is 0 Å². The normalized spacial score (nSPS) is 10.8.